The number of likely N-dealkylation sites (tertiary alicyclic amines) is 1. The highest BCUT2D eigenvalue weighted by Crippen LogP contribution is 2.28. The van der Waals surface area contributed by atoms with Crippen molar-refractivity contribution in [3.63, 3.8) is 0 Å². The van der Waals surface area contributed by atoms with Crippen LogP contribution in [0.4, 0.5) is 0 Å². The average molecular weight is 267 g/mol. The number of hydrogen-bond donors (Lipinski definition) is 2. The standard InChI is InChI=1S/C13H21N3O3/c1-13(5-7-14-8-6-13)12(19)15-9-3-4-10(17)16(2)11(9)18/h9,14H,3-8H2,1-2H3,(H,15,19). The third-order valence-corrected chi connectivity index (χ3v) is 4.21. The van der Waals surface area contributed by atoms with E-state index in [0.717, 1.165) is 30.8 Å². The van der Waals surface area contributed by atoms with Gasteiger partial charge in [-0.2, -0.15) is 0 Å². The molecule has 0 spiro atoms. The number of rotatable bonds is 2. The molecule has 2 aliphatic rings. The Morgan fingerprint density at radius 1 is 1.37 bits per heavy atom. The molecule has 0 aromatic rings. The molecule has 2 heterocycles. The molecule has 2 saturated heterocycles. The fraction of sp³-hybridized carbons (Fsp3) is 0.769. The first kappa shape index (κ1) is 14.0. The number of piperidine rings is 2. The molecule has 19 heavy (non-hydrogen) atoms. The molecule has 0 bridgehead atoms. The number of amides is 3. The third kappa shape index (κ3) is 2.78. The van der Waals surface area contributed by atoms with Gasteiger partial charge in [-0.3, -0.25) is 19.3 Å². The van der Waals surface area contributed by atoms with Gasteiger partial charge in [0.1, 0.15) is 6.04 Å². The molecule has 1 atom stereocenters. The van der Waals surface area contributed by atoms with Crippen LogP contribution in [-0.2, 0) is 14.4 Å². The second kappa shape index (κ2) is 5.28. The zero-order valence-electron chi connectivity index (χ0n) is 11.5. The number of likely N-dealkylation sites (N-methyl/N-ethyl adjacent to an activating group) is 1. The van der Waals surface area contributed by atoms with Crippen LogP contribution >= 0.6 is 0 Å². The van der Waals surface area contributed by atoms with Gasteiger partial charge in [-0.1, -0.05) is 6.92 Å². The molecule has 2 aliphatic heterocycles. The van der Waals surface area contributed by atoms with E-state index in [1.165, 1.54) is 7.05 Å². The minimum absolute atomic E-state index is 0.0740. The average Bonchev–Trinajstić information content (AvgIpc) is 2.40. The maximum Gasteiger partial charge on any atom is 0.251 e. The van der Waals surface area contributed by atoms with Crippen LogP contribution < -0.4 is 10.6 Å². The van der Waals surface area contributed by atoms with Gasteiger partial charge in [-0.05, 0) is 32.4 Å². The second-order valence-electron chi connectivity index (χ2n) is 5.67. The molecule has 0 aromatic heterocycles. The van der Waals surface area contributed by atoms with Crippen molar-refractivity contribution in [2.24, 2.45) is 5.41 Å². The Labute approximate surface area is 112 Å². The maximum absolute atomic E-state index is 12.3. The summed E-state index contributed by atoms with van der Waals surface area (Å²) in [6.45, 7) is 3.58. The molecular weight excluding hydrogens is 246 g/mol. The molecule has 0 aliphatic carbocycles. The van der Waals surface area contributed by atoms with Crippen LogP contribution in [0.15, 0.2) is 0 Å². The van der Waals surface area contributed by atoms with E-state index >= 15 is 0 Å². The molecular formula is C13H21N3O3. The topological polar surface area (TPSA) is 78.5 Å². The van der Waals surface area contributed by atoms with Crippen molar-refractivity contribution in [1.82, 2.24) is 15.5 Å². The summed E-state index contributed by atoms with van der Waals surface area (Å²) in [5.41, 5.74) is -0.411. The zero-order chi connectivity index (χ0) is 14.0. The molecule has 0 saturated carbocycles. The maximum atomic E-state index is 12.3. The number of nitrogens with one attached hydrogen (secondary N) is 2. The van der Waals surface area contributed by atoms with Crippen LogP contribution in [-0.4, -0.2) is 48.8 Å². The summed E-state index contributed by atoms with van der Waals surface area (Å²) in [5.74, 6) is -0.555. The van der Waals surface area contributed by atoms with E-state index in [0.29, 0.717) is 12.8 Å². The first-order valence-electron chi connectivity index (χ1n) is 6.76. The van der Waals surface area contributed by atoms with Gasteiger partial charge in [0.2, 0.25) is 11.8 Å². The monoisotopic (exact) mass is 267 g/mol. The molecule has 3 amide bonds. The lowest BCUT2D eigenvalue weighted by molar-refractivity contribution is -0.150. The molecule has 6 nitrogen and oxygen atoms in total. The Bertz CT molecular complexity index is 402. The first-order valence-corrected chi connectivity index (χ1v) is 6.76. The molecule has 2 rings (SSSR count). The fourth-order valence-corrected chi connectivity index (χ4v) is 2.59. The van der Waals surface area contributed by atoms with Crippen molar-refractivity contribution in [3.8, 4) is 0 Å². The quantitative estimate of drug-likeness (QED) is 0.670. The number of carbonyl (C=O) groups is 3. The van der Waals surface area contributed by atoms with Gasteiger partial charge in [0.05, 0.1) is 0 Å². The van der Waals surface area contributed by atoms with Gasteiger partial charge < -0.3 is 10.6 Å². The Balaban J connectivity index is 1.99. The third-order valence-electron chi connectivity index (χ3n) is 4.21. The van der Waals surface area contributed by atoms with Crippen LogP contribution in [0.3, 0.4) is 0 Å². The minimum Gasteiger partial charge on any atom is -0.344 e. The highest BCUT2D eigenvalue weighted by molar-refractivity contribution is 6.01. The van der Waals surface area contributed by atoms with Crippen molar-refractivity contribution in [1.29, 1.82) is 0 Å². The Kier molecular flexibility index (Phi) is 3.89. The minimum atomic E-state index is -0.554. The van der Waals surface area contributed by atoms with Crippen molar-refractivity contribution in [3.05, 3.63) is 0 Å². The summed E-state index contributed by atoms with van der Waals surface area (Å²) in [6.07, 6.45) is 2.26. The highest BCUT2D eigenvalue weighted by atomic mass is 16.2. The molecule has 0 aromatic carbocycles. The van der Waals surface area contributed by atoms with Crippen LogP contribution in [0.1, 0.15) is 32.6 Å². The lowest BCUT2D eigenvalue weighted by Crippen LogP contribution is -2.56. The van der Waals surface area contributed by atoms with Crippen molar-refractivity contribution < 1.29 is 14.4 Å². The number of imide groups is 1. The summed E-state index contributed by atoms with van der Waals surface area (Å²) >= 11 is 0. The Morgan fingerprint density at radius 3 is 2.63 bits per heavy atom. The second-order valence-corrected chi connectivity index (χ2v) is 5.67. The van der Waals surface area contributed by atoms with Crippen molar-refractivity contribution in [2.75, 3.05) is 20.1 Å². The summed E-state index contributed by atoms with van der Waals surface area (Å²) in [6, 6.07) is -0.554. The smallest absolute Gasteiger partial charge is 0.251 e. The van der Waals surface area contributed by atoms with Gasteiger partial charge >= 0.3 is 0 Å². The molecule has 106 valence electrons. The summed E-state index contributed by atoms with van der Waals surface area (Å²) in [7, 11) is 1.47. The van der Waals surface area contributed by atoms with Gasteiger partial charge in [-0.15, -0.1) is 0 Å². The van der Waals surface area contributed by atoms with E-state index < -0.39 is 11.5 Å². The molecule has 1 unspecified atom stereocenters. The van der Waals surface area contributed by atoms with Crippen molar-refractivity contribution >= 4 is 17.7 Å². The fourth-order valence-electron chi connectivity index (χ4n) is 2.59. The molecule has 2 fully saturated rings. The molecule has 2 N–H and O–H groups in total. The van der Waals surface area contributed by atoms with E-state index in [4.69, 9.17) is 0 Å². The van der Waals surface area contributed by atoms with E-state index in [9.17, 15) is 14.4 Å². The van der Waals surface area contributed by atoms with Gasteiger partial charge in [0.25, 0.3) is 5.91 Å². The van der Waals surface area contributed by atoms with E-state index in [-0.39, 0.29) is 17.7 Å². The molecule has 6 heteroatoms. The van der Waals surface area contributed by atoms with Gasteiger partial charge in [-0.25, -0.2) is 0 Å². The largest absolute Gasteiger partial charge is 0.344 e. The normalized spacial score (nSPS) is 27.3. The Morgan fingerprint density at radius 2 is 2.00 bits per heavy atom. The number of nitrogens with zero attached hydrogens (tertiary/aromatic N) is 1. The lowest BCUT2D eigenvalue weighted by Gasteiger charge is -2.35. The Hall–Kier alpha value is -1.43. The summed E-state index contributed by atoms with van der Waals surface area (Å²) in [4.78, 5) is 36.8. The van der Waals surface area contributed by atoms with Crippen LogP contribution in [0.25, 0.3) is 0 Å². The van der Waals surface area contributed by atoms with Gasteiger partial charge in [0, 0.05) is 18.9 Å². The van der Waals surface area contributed by atoms with E-state index in [1.54, 1.807) is 0 Å². The number of hydrogen-bond acceptors (Lipinski definition) is 4. The van der Waals surface area contributed by atoms with Crippen LogP contribution in [0.5, 0.6) is 0 Å². The van der Waals surface area contributed by atoms with Crippen molar-refractivity contribution in [2.45, 2.75) is 38.6 Å². The SMILES string of the molecule is CN1C(=O)CCC(NC(=O)C2(C)CCNCC2)C1=O. The predicted molar refractivity (Wildman–Crippen MR) is 69.2 cm³/mol. The summed E-state index contributed by atoms with van der Waals surface area (Å²) in [5, 5.41) is 6.04. The first-order chi connectivity index (χ1) is 8.94. The highest BCUT2D eigenvalue weighted by Gasteiger charge is 2.39. The van der Waals surface area contributed by atoms with E-state index in [1.807, 2.05) is 6.92 Å². The predicted octanol–water partition coefficient (Wildman–Crippen LogP) is -0.360. The lowest BCUT2D eigenvalue weighted by atomic mass is 9.80. The van der Waals surface area contributed by atoms with E-state index in [2.05, 4.69) is 10.6 Å². The van der Waals surface area contributed by atoms with Crippen LogP contribution in [0, 0.1) is 5.41 Å². The molecule has 0 radical (unpaired) electrons. The zero-order valence-corrected chi connectivity index (χ0v) is 11.5. The van der Waals surface area contributed by atoms with Crippen LogP contribution in [0.2, 0.25) is 0 Å². The summed E-state index contributed by atoms with van der Waals surface area (Å²) < 4.78 is 0. The van der Waals surface area contributed by atoms with Gasteiger partial charge in [0.15, 0.2) is 0 Å². The number of carbonyl (C=O) groups excluding carboxylic acids is 3.